The number of carbonyl (C=O) groups excluding carboxylic acids is 1. The highest BCUT2D eigenvalue weighted by Gasteiger charge is 2.55. The van der Waals surface area contributed by atoms with Crippen LogP contribution in [0.15, 0.2) is 34.6 Å². The number of rotatable bonds is 3. The topological polar surface area (TPSA) is 66.7 Å². The van der Waals surface area contributed by atoms with Crippen LogP contribution >= 0.6 is 0 Å². The van der Waals surface area contributed by atoms with Crippen molar-refractivity contribution in [2.45, 2.75) is 19.4 Å². The SMILES string of the molecule is O=C(NCc1ccccn1)C1=NN=C2C1CC1CC21. The van der Waals surface area contributed by atoms with E-state index in [1.54, 1.807) is 6.20 Å². The van der Waals surface area contributed by atoms with Crippen LogP contribution in [0.25, 0.3) is 0 Å². The maximum atomic E-state index is 12.1. The fraction of sp³-hybridized carbons (Fsp3) is 0.429. The zero-order chi connectivity index (χ0) is 12.8. The Morgan fingerprint density at radius 2 is 2.26 bits per heavy atom. The third kappa shape index (κ3) is 1.77. The summed E-state index contributed by atoms with van der Waals surface area (Å²) in [5.41, 5.74) is 2.59. The Morgan fingerprint density at radius 1 is 1.32 bits per heavy atom. The molecule has 5 nitrogen and oxygen atoms in total. The average molecular weight is 254 g/mol. The number of nitrogens with one attached hydrogen (secondary N) is 1. The van der Waals surface area contributed by atoms with Gasteiger partial charge in [-0.15, -0.1) is 5.10 Å². The summed E-state index contributed by atoms with van der Waals surface area (Å²) in [5.74, 6) is 1.47. The van der Waals surface area contributed by atoms with Gasteiger partial charge in [-0.05, 0) is 30.9 Å². The van der Waals surface area contributed by atoms with Crippen LogP contribution in [0, 0.1) is 17.8 Å². The fourth-order valence-corrected chi connectivity index (χ4v) is 3.10. The van der Waals surface area contributed by atoms with Crippen LogP contribution in [0.4, 0.5) is 0 Å². The second kappa shape index (κ2) is 3.98. The first-order chi connectivity index (χ1) is 9.33. The van der Waals surface area contributed by atoms with Crippen molar-refractivity contribution < 1.29 is 4.79 Å². The predicted octanol–water partition coefficient (Wildman–Crippen LogP) is 1.16. The van der Waals surface area contributed by atoms with Gasteiger partial charge in [0, 0.05) is 18.0 Å². The Balaban J connectivity index is 1.40. The predicted molar refractivity (Wildman–Crippen MR) is 70.7 cm³/mol. The van der Waals surface area contributed by atoms with Gasteiger partial charge in [0.05, 0.1) is 18.0 Å². The lowest BCUT2D eigenvalue weighted by Gasteiger charge is -2.10. The second-order valence-electron chi connectivity index (χ2n) is 5.40. The lowest BCUT2D eigenvalue weighted by atomic mass is 9.96. The number of hydrogen-bond acceptors (Lipinski definition) is 4. The first-order valence-corrected chi connectivity index (χ1v) is 6.66. The zero-order valence-electron chi connectivity index (χ0n) is 10.4. The van der Waals surface area contributed by atoms with Gasteiger partial charge in [0.2, 0.25) is 0 Å². The summed E-state index contributed by atoms with van der Waals surface area (Å²) in [5, 5.41) is 11.2. The van der Waals surface area contributed by atoms with Crippen LogP contribution in [-0.4, -0.2) is 22.3 Å². The molecule has 2 aliphatic carbocycles. The van der Waals surface area contributed by atoms with Crippen molar-refractivity contribution in [3.05, 3.63) is 30.1 Å². The van der Waals surface area contributed by atoms with Gasteiger partial charge in [0.1, 0.15) is 5.71 Å². The summed E-state index contributed by atoms with van der Waals surface area (Å²) in [4.78, 5) is 16.3. The Hall–Kier alpha value is -2.04. The molecule has 3 atom stereocenters. The van der Waals surface area contributed by atoms with E-state index in [0.717, 1.165) is 23.7 Å². The molecule has 0 spiro atoms. The Labute approximate surface area is 110 Å². The lowest BCUT2D eigenvalue weighted by Crippen LogP contribution is -2.35. The molecule has 1 N–H and O–H groups in total. The number of carbonyl (C=O) groups is 1. The van der Waals surface area contributed by atoms with Crippen LogP contribution in [0.3, 0.4) is 0 Å². The van der Waals surface area contributed by atoms with E-state index in [4.69, 9.17) is 0 Å². The number of nitrogens with zero attached hydrogens (tertiary/aromatic N) is 3. The molecule has 3 unspecified atom stereocenters. The van der Waals surface area contributed by atoms with Crippen molar-refractivity contribution in [3.63, 3.8) is 0 Å². The quantitative estimate of drug-likeness (QED) is 0.879. The molecular weight excluding hydrogens is 240 g/mol. The molecule has 2 fully saturated rings. The van der Waals surface area contributed by atoms with E-state index >= 15 is 0 Å². The molecular formula is C14H14N4O. The molecule has 1 aromatic heterocycles. The third-order valence-corrected chi connectivity index (χ3v) is 4.19. The van der Waals surface area contributed by atoms with Crippen molar-refractivity contribution in [1.82, 2.24) is 10.3 Å². The highest BCUT2D eigenvalue weighted by atomic mass is 16.2. The summed E-state index contributed by atoms with van der Waals surface area (Å²) in [6.07, 6.45) is 4.02. The molecule has 3 aliphatic rings. The summed E-state index contributed by atoms with van der Waals surface area (Å²) in [7, 11) is 0. The molecule has 1 amide bonds. The molecule has 0 radical (unpaired) electrons. The maximum Gasteiger partial charge on any atom is 0.268 e. The summed E-state index contributed by atoms with van der Waals surface area (Å²) < 4.78 is 0. The summed E-state index contributed by atoms with van der Waals surface area (Å²) in [6, 6.07) is 5.66. The average Bonchev–Trinajstić information content (AvgIpc) is 2.93. The number of fused-ring (bicyclic) bond motifs is 3. The fourth-order valence-electron chi connectivity index (χ4n) is 3.10. The molecule has 0 bridgehead atoms. The molecule has 2 heterocycles. The van der Waals surface area contributed by atoms with E-state index in [1.165, 1.54) is 6.42 Å². The first kappa shape index (κ1) is 10.8. The van der Waals surface area contributed by atoms with Gasteiger partial charge in [0.15, 0.2) is 0 Å². The second-order valence-corrected chi connectivity index (χ2v) is 5.40. The van der Waals surface area contributed by atoms with Gasteiger partial charge in [-0.3, -0.25) is 9.78 Å². The maximum absolute atomic E-state index is 12.1. The van der Waals surface area contributed by atoms with Crippen molar-refractivity contribution in [3.8, 4) is 0 Å². The molecule has 0 aromatic carbocycles. The molecule has 4 rings (SSSR count). The van der Waals surface area contributed by atoms with Crippen molar-refractivity contribution in [1.29, 1.82) is 0 Å². The monoisotopic (exact) mass is 254 g/mol. The number of amides is 1. The highest BCUT2D eigenvalue weighted by Crippen LogP contribution is 2.54. The normalized spacial score (nSPS) is 30.2. The van der Waals surface area contributed by atoms with Crippen molar-refractivity contribution >= 4 is 17.3 Å². The van der Waals surface area contributed by atoms with E-state index in [2.05, 4.69) is 20.5 Å². The van der Waals surface area contributed by atoms with Gasteiger partial charge in [-0.2, -0.15) is 5.10 Å². The van der Waals surface area contributed by atoms with Crippen molar-refractivity contribution in [2.24, 2.45) is 28.0 Å². The van der Waals surface area contributed by atoms with E-state index < -0.39 is 0 Å². The molecule has 1 aromatic rings. The van der Waals surface area contributed by atoms with Crippen LogP contribution in [0.1, 0.15) is 18.5 Å². The minimum absolute atomic E-state index is 0.101. The van der Waals surface area contributed by atoms with Crippen LogP contribution in [0.5, 0.6) is 0 Å². The van der Waals surface area contributed by atoms with Gasteiger partial charge >= 0.3 is 0 Å². The van der Waals surface area contributed by atoms with Crippen molar-refractivity contribution in [2.75, 3.05) is 0 Å². The molecule has 19 heavy (non-hydrogen) atoms. The van der Waals surface area contributed by atoms with Gasteiger partial charge < -0.3 is 5.32 Å². The zero-order valence-corrected chi connectivity index (χ0v) is 10.4. The van der Waals surface area contributed by atoms with Crippen LogP contribution in [0.2, 0.25) is 0 Å². The Kier molecular flexibility index (Phi) is 2.27. The standard InChI is InChI=1S/C14H14N4O/c19-14(16-7-9-3-1-2-4-15-9)13-11-6-8-5-10(8)12(11)17-18-13/h1-4,8,10-11H,5-7H2,(H,16,19). The van der Waals surface area contributed by atoms with E-state index in [-0.39, 0.29) is 11.8 Å². The van der Waals surface area contributed by atoms with Crippen LogP contribution < -0.4 is 5.32 Å². The molecule has 5 heteroatoms. The highest BCUT2D eigenvalue weighted by molar-refractivity contribution is 6.45. The Morgan fingerprint density at radius 3 is 3.11 bits per heavy atom. The third-order valence-electron chi connectivity index (χ3n) is 4.19. The van der Waals surface area contributed by atoms with Crippen LogP contribution in [-0.2, 0) is 11.3 Å². The molecule has 1 aliphatic heterocycles. The molecule has 2 saturated carbocycles. The van der Waals surface area contributed by atoms with E-state index in [1.807, 2.05) is 18.2 Å². The molecule has 96 valence electrons. The molecule has 0 saturated heterocycles. The summed E-state index contributed by atoms with van der Waals surface area (Å²) >= 11 is 0. The summed E-state index contributed by atoms with van der Waals surface area (Å²) in [6.45, 7) is 0.438. The minimum atomic E-state index is -0.101. The first-order valence-electron chi connectivity index (χ1n) is 6.66. The minimum Gasteiger partial charge on any atom is -0.345 e. The largest absolute Gasteiger partial charge is 0.345 e. The van der Waals surface area contributed by atoms with E-state index in [0.29, 0.717) is 18.2 Å². The van der Waals surface area contributed by atoms with Gasteiger partial charge in [-0.1, -0.05) is 6.07 Å². The van der Waals surface area contributed by atoms with Gasteiger partial charge in [0.25, 0.3) is 5.91 Å². The lowest BCUT2D eigenvalue weighted by molar-refractivity contribution is -0.115. The Bertz CT molecular complexity index is 593. The number of pyridine rings is 1. The number of hydrogen-bond donors (Lipinski definition) is 1. The smallest absolute Gasteiger partial charge is 0.268 e. The van der Waals surface area contributed by atoms with E-state index in [9.17, 15) is 4.79 Å². The number of aromatic nitrogens is 1. The van der Waals surface area contributed by atoms with Gasteiger partial charge in [-0.25, -0.2) is 0 Å².